The zero-order valence-electron chi connectivity index (χ0n) is 7.31. The predicted octanol–water partition coefficient (Wildman–Crippen LogP) is 0.385. The smallest absolute Gasteiger partial charge is 0.0555 e. The molecule has 0 aromatic carbocycles. The van der Waals surface area contributed by atoms with E-state index in [0.29, 0.717) is 6.54 Å². The van der Waals surface area contributed by atoms with Gasteiger partial charge in [0.05, 0.1) is 6.61 Å². The number of rotatable bonds is 8. The van der Waals surface area contributed by atoms with Crippen LogP contribution >= 0.6 is 0 Å². The van der Waals surface area contributed by atoms with Crippen LogP contribution in [0.5, 0.6) is 0 Å². The fourth-order valence-corrected chi connectivity index (χ4v) is 0.750. The summed E-state index contributed by atoms with van der Waals surface area (Å²) in [4.78, 5) is 0. The minimum Gasteiger partial charge on any atom is -0.395 e. The van der Waals surface area contributed by atoms with Crippen molar-refractivity contribution in [3.05, 3.63) is 0 Å². The van der Waals surface area contributed by atoms with Crippen LogP contribution in [0, 0.1) is 0 Å². The van der Waals surface area contributed by atoms with Gasteiger partial charge >= 0.3 is 0 Å². The highest BCUT2D eigenvalue weighted by molar-refractivity contribution is 4.44. The van der Waals surface area contributed by atoms with Crippen molar-refractivity contribution in [3.8, 4) is 0 Å². The van der Waals surface area contributed by atoms with Gasteiger partial charge in [0.1, 0.15) is 0 Å². The summed E-state index contributed by atoms with van der Waals surface area (Å²) in [5.74, 6) is 0. The number of nitrogens with one attached hydrogen (secondary N) is 1. The second kappa shape index (κ2) is 9.88. The van der Waals surface area contributed by atoms with E-state index in [1.807, 2.05) is 0 Å². The summed E-state index contributed by atoms with van der Waals surface area (Å²) in [5.41, 5.74) is 0. The lowest BCUT2D eigenvalue weighted by atomic mass is 10.4. The first kappa shape index (κ1) is 10.9. The van der Waals surface area contributed by atoms with Crippen LogP contribution in [0.1, 0.15) is 19.8 Å². The van der Waals surface area contributed by atoms with Gasteiger partial charge in [-0.1, -0.05) is 6.92 Å². The zero-order chi connectivity index (χ0) is 8.36. The fraction of sp³-hybridized carbons (Fsp3) is 1.00. The van der Waals surface area contributed by atoms with E-state index < -0.39 is 0 Å². The Morgan fingerprint density at radius 1 is 1.27 bits per heavy atom. The van der Waals surface area contributed by atoms with Crippen LogP contribution in [0.4, 0.5) is 0 Å². The molecular formula is C8H19NO2. The molecule has 2 N–H and O–H groups in total. The Morgan fingerprint density at radius 3 is 2.73 bits per heavy atom. The van der Waals surface area contributed by atoms with Gasteiger partial charge < -0.3 is 15.2 Å². The van der Waals surface area contributed by atoms with E-state index in [-0.39, 0.29) is 6.61 Å². The Hall–Kier alpha value is -0.120. The lowest BCUT2D eigenvalue weighted by Crippen LogP contribution is -2.20. The van der Waals surface area contributed by atoms with Crippen molar-refractivity contribution >= 4 is 0 Å². The molecule has 68 valence electrons. The quantitative estimate of drug-likeness (QED) is 0.506. The molecule has 0 saturated heterocycles. The summed E-state index contributed by atoms with van der Waals surface area (Å²) >= 11 is 0. The molecule has 0 aliphatic heterocycles. The molecule has 0 unspecified atom stereocenters. The first-order valence-corrected chi connectivity index (χ1v) is 4.31. The largest absolute Gasteiger partial charge is 0.395 e. The molecule has 0 saturated carbocycles. The van der Waals surface area contributed by atoms with Gasteiger partial charge in [-0.05, 0) is 19.4 Å². The van der Waals surface area contributed by atoms with Crippen LogP contribution in [0.3, 0.4) is 0 Å². The summed E-state index contributed by atoms with van der Waals surface area (Å²) < 4.78 is 5.26. The van der Waals surface area contributed by atoms with E-state index in [1.165, 1.54) is 0 Å². The van der Waals surface area contributed by atoms with Crippen LogP contribution < -0.4 is 5.32 Å². The molecule has 3 heteroatoms. The van der Waals surface area contributed by atoms with Gasteiger partial charge in [0.15, 0.2) is 0 Å². The van der Waals surface area contributed by atoms with Crippen molar-refractivity contribution < 1.29 is 9.84 Å². The molecule has 0 bridgehead atoms. The lowest BCUT2D eigenvalue weighted by molar-refractivity contribution is 0.132. The molecule has 0 radical (unpaired) electrons. The van der Waals surface area contributed by atoms with E-state index in [0.717, 1.165) is 32.6 Å². The summed E-state index contributed by atoms with van der Waals surface area (Å²) in [5, 5.41) is 11.5. The maximum absolute atomic E-state index is 8.41. The minimum absolute atomic E-state index is 0.218. The molecule has 0 heterocycles. The zero-order valence-corrected chi connectivity index (χ0v) is 7.31. The average Bonchev–Trinajstić information content (AvgIpc) is 2.03. The van der Waals surface area contributed by atoms with Gasteiger partial charge in [-0.3, -0.25) is 0 Å². The highest BCUT2D eigenvalue weighted by Gasteiger charge is 1.87. The molecule has 0 amide bonds. The van der Waals surface area contributed by atoms with Gasteiger partial charge in [-0.15, -0.1) is 0 Å². The van der Waals surface area contributed by atoms with Gasteiger partial charge in [0, 0.05) is 19.8 Å². The maximum Gasteiger partial charge on any atom is 0.0555 e. The van der Waals surface area contributed by atoms with Crippen molar-refractivity contribution in [1.82, 2.24) is 5.32 Å². The second-order valence-electron chi connectivity index (χ2n) is 2.44. The molecule has 0 fully saturated rings. The van der Waals surface area contributed by atoms with E-state index in [9.17, 15) is 0 Å². The van der Waals surface area contributed by atoms with Crippen molar-refractivity contribution in [2.24, 2.45) is 0 Å². The van der Waals surface area contributed by atoms with Gasteiger partial charge in [-0.25, -0.2) is 0 Å². The molecule has 0 aromatic rings. The van der Waals surface area contributed by atoms with Crippen molar-refractivity contribution in [2.45, 2.75) is 19.8 Å². The maximum atomic E-state index is 8.41. The molecule has 3 nitrogen and oxygen atoms in total. The standard InChI is InChI=1S/C8H19NO2/c1-2-7-11-8-3-4-9-5-6-10/h9-10H,2-8H2,1H3. The number of aliphatic hydroxyl groups excluding tert-OH is 1. The monoisotopic (exact) mass is 161 g/mol. The molecule has 0 aliphatic rings. The van der Waals surface area contributed by atoms with E-state index in [2.05, 4.69) is 12.2 Å². The highest BCUT2D eigenvalue weighted by Crippen LogP contribution is 1.83. The second-order valence-corrected chi connectivity index (χ2v) is 2.44. The summed E-state index contributed by atoms with van der Waals surface area (Å²) in [6.07, 6.45) is 2.12. The number of ether oxygens (including phenoxy) is 1. The van der Waals surface area contributed by atoms with Crippen LogP contribution in [0.15, 0.2) is 0 Å². The van der Waals surface area contributed by atoms with E-state index in [1.54, 1.807) is 0 Å². The molecule has 11 heavy (non-hydrogen) atoms. The Balaban J connectivity index is 2.69. The van der Waals surface area contributed by atoms with Gasteiger partial charge in [-0.2, -0.15) is 0 Å². The van der Waals surface area contributed by atoms with E-state index in [4.69, 9.17) is 9.84 Å². The minimum atomic E-state index is 0.218. The summed E-state index contributed by atoms with van der Waals surface area (Å²) in [7, 11) is 0. The third kappa shape index (κ3) is 9.88. The Bertz CT molecular complexity index is 61.1. The third-order valence-corrected chi connectivity index (χ3v) is 1.28. The average molecular weight is 161 g/mol. The molecule has 0 aliphatic carbocycles. The normalized spacial score (nSPS) is 10.4. The van der Waals surface area contributed by atoms with Crippen molar-refractivity contribution in [1.29, 1.82) is 0 Å². The van der Waals surface area contributed by atoms with Crippen LogP contribution in [0.2, 0.25) is 0 Å². The molecular weight excluding hydrogens is 142 g/mol. The molecule has 0 atom stereocenters. The first-order chi connectivity index (χ1) is 5.41. The van der Waals surface area contributed by atoms with Crippen molar-refractivity contribution in [2.75, 3.05) is 32.9 Å². The van der Waals surface area contributed by atoms with Crippen LogP contribution in [-0.4, -0.2) is 38.0 Å². The van der Waals surface area contributed by atoms with E-state index >= 15 is 0 Å². The fourth-order valence-electron chi connectivity index (χ4n) is 0.750. The SMILES string of the molecule is CCCOCCCNCCO. The Labute approximate surface area is 68.8 Å². The number of aliphatic hydroxyl groups is 1. The molecule has 0 rings (SSSR count). The predicted molar refractivity (Wildman–Crippen MR) is 45.7 cm³/mol. The summed E-state index contributed by atoms with van der Waals surface area (Å²) in [6.45, 7) is 5.63. The topological polar surface area (TPSA) is 41.5 Å². The van der Waals surface area contributed by atoms with Crippen LogP contribution in [-0.2, 0) is 4.74 Å². The van der Waals surface area contributed by atoms with Gasteiger partial charge in [0.25, 0.3) is 0 Å². The summed E-state index contributed by atoms with van der Waals surface area (Å²) in [6, 6.07) is 0. The number of hydrogen-bond acceptors (Lipinski definition) is 3. The molecule has 0 aromatic heterocycles. The Morgan fingerprint density at radius 2 is 2.09 bits per heavy atom. The lowest BCUT2D eigenvalue weighted by Gasteiger charge is -2.02. The van der Waals surface area contributed by atoms with Crippen molar-refractivity contribution in [3.63, 3.8) is 0 Å². The third-order valence-electron chi connectivity index (χ3n) is 1.28. The van der Waals surface area contributed by atoms with Crippen LogP contribution in [0.25, 0.3) is 0 Å². The highest BCUT2D eigenvalue weighted by atomic mass is 16.5. The molecule has 0 spiro atoms. The Kier molecular flexibility index (Phi) is 9.77. The number of hydrogen-bond donors (Lipinski definition) is 2. The van der Waals surface area contributed by atoms with Gasteiger partial charge in [0.2, 0.25) is 0 Å². The first-order valence-electron chi connectivity index (χ1n) is 4.31.